The molecule has 1 unspecified atom stereocenters. The zero-order valence-corrected chi connectivity index (χ0v) is 23.3. The highest BCUT2D eigenvalue weighted by atomic mass is 19.4. The Bertz CT molecular complexity index is 1370. The first-order valence-electron chi connectivity index (χ1n) is 13.9. The lowest BCUT2D eigenvalue weighted by molar-refractivity contribution is -0.217. The summed E-state index contributed by atoms with van der Waals surface area (Å²) in [5, 5.41) is 0. The van der Waals surface area contributed by atoms with Crippen molar-refractivity contribution in [2.24, 2.45) is 0 Å². The van der Waals surface area contributed by atoms with Gasteiger partial charge in [0.25, 0.3) is 6.23 Å². The molecular formula is C32H35F3N3O3+. The summed E-state index contributed by atoms with van der Waals surface area (Å²) in [5.74, 6) is -2.30. The number of carbonyl (C=O) groups is 2. The molecule has 0 spiro atoms. The molecule has 2 fully saturated rings. The largest absolute Gasteiger partial charge is 0.491 e. The van der Waals surface area contributed by atoms with Crippen LogP contribution in [0.1, 0.15) is 28.2 Å². The number of rotatable bonds is 7. The fraction of sp³-hybridized carbons (Fsp3) is 0.375. The molecule has 0 bridgehead atoms. The number of likely N-dealkylation sites (tertiary alicyclic amines) is 1. The molecule has 6 nitrogen and oxygen atoms in total. The van der Waals surface area contributed by atoms with Gasteiger partial charge in [-0.2, -0.15) is 13.2 Å². The van der Waals surface area contributed by atoms with Crippen molar-refractivity contribution in [3.05, 3.63) is 101 Å². The summed E-state index contributed by atoms with van der Waals surface area (Å²) in [7, 11) is 0. The van der Waals surface area contributed by atoms with Gasteiger partial charge in [-0.05, 0) is 30.5 Å². The van der Waals surface area contributed by atoms with Crippen molar-refractivity contribution in [1.82, 2.24) is 14.3 Å². The van der Waals surface area contributed by atoms with Gasteiger partial charge in [0.1, 0.15) is 24.8 Å². The number of benzene rings is 3. The number of amides is 1. The summed E-state index contributed by atoms with van der Waals surface area (Å²) < 4.78 is 46.3. The van der Waals surface area contributed by atoms with Gasteiger partial charge < -0.3 is 9.64 Å². The summed E-state index contributed by atoms with van der Waals surface area (Å²) in [5.41, 5.74) is 4.90. The van der Waals surface area contributed by atoms with E-state index in [2.05, 4.69) is 29.2 Å². The van der Waals surface area contributed by atoms with Crippen LogP contribution in [0.3, 0.4) is 0 Å². The minimum Gasteiger partial charge on any atom is -0.403 e. The smallest absolute Gasteiger partial charge is 0.403 e. The van der Waals surface area contributed by atoms with E-state index in [9.17, 15) is 22.8 Å². The molecule has 2 saturated heterocycles. The van der Waals surface area contributed by atoms with Crippen molar-refractivity contribution in [3.8, 4) is 0 Å². The molecule has 0 aliphatic carbocycles. The number of alkyl halides is 3. The molecular weight excluding hydrogens is 531 g/mol. The van der Waals surface area contributed by atoms with Crippen LogP contribution in [0.4, 0.5) is 18.9 Å². The van der Waals surface area contributed by atoms with E-state index in [0.717, 1.165) is 27.9 Å². The van der Waals surface area contributed by atoms with Crippen LogP contribution in [0, 0.1) is 13.8 Å². The Morgan fingerprint density at radius 3 is 2.32 bits per heavy atom. The summed E-state index contributed by atoms with van der Waals surface area (Å²) in [6.07, 6.45) is -5.78. The van der Waals surface area contributed by atoms with Crippen LogP contribution < -0.4 is 4.48 Å². The maximum absolute atomic E-state index is 13.6. The van der Waals surface area contributed by atoms with Crippen LogP contribution in [0.5, 0.6) is 0 Å². The van der Waals surface area contributed by atoms with Crippen LogP contribution in [0.2, 0.25) is 0 Å². The topological polar surface area (TPSA) is 49.9 Å². The Balaban J connectivity index is 1.67. The number of hydrogen-bond donors (Lipinski definition) is 0. The zero-order chi connectivity index (χ0) is 29.2. The van der Waals surface area contributed by atoms with Gasteiger partial charge in [-0.25, -0.2) is 9.28 Å². The maximum Gasteiger partial charge on any atom is 0.491 e. The van der Waals surface area contributed by atoms with Crippen LogP contribution in [-0.4, -0.2) is 73.3 Å². The van der Waals surface area contributed by atoms with Crippen molar-refractivity contribution in [1.29, 1.82) is 0 Å². The van der Waals surface area contributed by atoms with Crippen LogP contribution in [0.15, 0.2) is 78.9 Å². The predicted octanol–water partition coefficient (Wildman–Crippen LogP) is 5.18. The molecule has 4 atom stereocenters. The second-order valence-electron chi connectivity index (χ2n) is 11.2. The van der Waals surface area contributed by atoms with Gasteiger partial charge in [0.15, 0.2) is 0 Å². The predicted molar refractivity (Wildman–Crippen MR) is 151 cm³/mol. The van der Waals surface area contributed by atoms with Gasteiger partial charge in [0, 0.05) is 24.7 Å². The number of hydrogen-bond acceptors (Lipinski definition) is 4. The van der Waals surface area contributed by atoms with E-state index in [1.165, 1.54) is 4.90 Å². The molecule has 3 aromatic rings. The lowest BCUT2D eigenvalue weighted by Crippen LogP contribution is -2.73. The van der Waals surface area contributed by atoms with E-state index in [1.54, 1.807) is 0 Å². The van der Waals surface area contributed by atoms with E-state index in [1.807, 2.05) is 68.4 Å². The van der Waals surface area contributed by atoms with Crippen molar-refractivity contribution in [2.45, 2.75) is 44.8 Å². The molecule has 2 aliphatic rings. The number of aryl methyl sites for hydroxylation is 2. The zero-order valence-electron chi connectivity index (χ0n) is 23.3. The van der Waals surface area contributed by atoms with E-state index >= 15 is 0 Å². The molecule has 1 amide bonds. The summed E-state index contributed by atoms with van der Waals surface area (Å²) in [4.78, 5) is 28.0. The Hall–Kier alpha value is -3.69. The second-order valence-corrected chi connectivity index (χ2v) is 11.2. The number of nitrogens with zero attached hydrogens (tertiary/aromatic N) is 3. The first kappa shape index (κ1) is 28.8. The highest BCUT2D eigenvalue weighted by Crippen LogP contribution is 2.45. The molecule has 0 saturated carbocycles. The van der Waals surface area contributed by atoms with E-state index in [4.69, 9.17) is 4.74 Å². The number of halogens is 3. The third-order valence-corrected chi connectivity index (χ3v) is 8.53. The van der Waals surface area contributed by atoms with E-state index in [-0.39, 0.29) is 23.0 Å². The number of quaternary nitrogens is 1. The molecule has 2 heterocycles. The molecule has 3 aromatic carbocycles. The van der Waals surface area contributed by atoms with Gasteiger partial charge >= 0.3 is 12.1 Å². The fourth-order valence-electron chi connectivity index (χ4n) is 6.63. The van der Waals surface area contributed by atoms with Gasteiger partial charge in [-0.3, -0.25) is 9.69 Å². The third-order valence-electron chi connectivity index (χ3n) is 8.53. The van der Waals surface area contributed by atoms with Gasteiger partial charge in [0.2, 0.25) is 6.41 Å². The van der Waals surface area contributed by atoms with Crippen LogP contribution in [-0.2, 0) is 20.9 Å². The molecule has 41 heavy (non-hydrogen) atoms. The highest BCUT2D eigenvalue weighted by molar-refractivity contribution is 5.76. The van der Waals surface area contributed by atoms with Crippen molar-refractivity contribution in [3.63, 3.8) is 0 Å². The number of ether oxygens (including phenoxy) is 1. The Labute approximate surface area is 238 Å². The molecule has 0 aromatic heterocycles. The molecule has 216 valence electrons. The van der Waals surface area contributed by atoms with Crippen LogP contribution in [0.25, 0.3) is 0 Å². The highest BCUT2D eigenvalue weighted by Gasteiger charge is 2.58. The van der Waals surface area contributed by atoms with Crippen molar-refractivity contribution < 1.29 is 27.5 Å². The Morgan fingerprint density at radius 2 is 1.66 bits per heavy atom. The normalized spacial score (nSPS) is 25.2. The number of piperazine rings is 1. The number of carbonyl (C=O) groups excluding carboxylic acids is 2. The lowest BCUT2D eigenvalue weighted by atomic mass is 9.89. The van der Waals surface area contributed by atoms with Gasteiger partial charge in [-0.15, -0.1) is 0 Å². The Morgan fingerprint density at radius 1 is 0.976 bits per heavy atom. The molecule has 2 aliphatic heterocycles. The average molecular weight is 567 g/mol. The monoisotopic (exact) mass is 566 g/mol. The van der Waals surface area contributed by atoms with E-state index < -0.39 is 18.4 Å². The second kappa shape index (κ2) is 11.7. The van der Waals surface area contributed by atoms with Crippen LogP contribution >= 0.6 is 0 Å². The lowest BCUT2D eigenvalue weighted by Gasteiger charge is -2.53. The summed E-state index contributed by atoms with van der Waals surface area (Å²) in [6, 6.07) is 25.8. The molecule has 0 N–H and O–H groups in total. The molecule has 9 heteroatoms. The van der Waals surface area contributed by atoms with Crippen molar-refractivity contribution in [2.75, 3.05) is 32.7 Å². The maximum atomic E-state index is 13.6. The van der Waals surface area contributed by atoms with E-state index in [0.29, 0.717) is 39.1 Å². The fourth-order valence-corrected chi connectivity index (χ4v) is 6.63. The summed E-state index contributed by atoms with van der Waals surface area (Å²) in [6.45, 7) is 6.34. The third kappa shape index (κ3) is 5.87. The minimum absolute atomic E-state index is 0.0184. The molecule has 0 radical (unpaired) electrons. The SMILES string of the molecule is Cc1ccc(C)c([N@+]2([C@H]3CN(Cc4ccccc4)C[C@H]3c3ccccc3)CCN(C=O)CC2OC(=O)C(F)(F)F)c1. The minimum atomic E-state index is -5.16. The first-order valence-corrected chi connectivity index (χ1v) is 13.9. The molecule has 5 rings (SSSR count). The van der Waals surface area contributed by atoms with Gasteiger partial charge in [0.05, 0.1) is 19.0 Å². The van der Waals surface area contributed by atoms with Gasteiger partial charge in [-0.1, -0.05) is 72.8 Å². The standard InChI is InChI=1S/C32H35F3N3O3/c1-23-13-14-24(2)28(17-23)38(16-15-36(22-39)21-30(38)41-31(40)32(33,34)35)29-20-37(18-25-9-5-3-6-10-25)19-27(29)26-11-7-4-8-12-26/h3-14,17,22,27,29-30H,15-16,18-21H2,1-2H3/q+1/t27-,29-,30?,38-/m0/s1. The summed E-state index contributed by atoms with van der Waals surface area (Å²) >= 11 is 0. The quantitative estimate of drug-likeness (QED) is 0.225. The van der Waals surface area contributed by atoms with Crippen molar-refractivity contribution >= 4 is 18.1 Å². The first-order chi connectivity index (χ1) is 19.6. The number of esters is 1. The average Bonchev–Trinajstić information content (AvgIpc) is 3.39. The Kier molecular flexibility index (Phi) is 8.20.